The van der Waals surface area contributed by atoms with Gasteiger partial charge in [-0.25, -0.2) is 5.43 Å². The molecule has 20 heavy (non-hydrogen) atoms. The normalized spacial score (nSPS) is 11.0. The van der Waals surface area contributed by atoms with E-state index in [4.69, 9.17) is 4.42 Å². The van der Waals surface area contributed by atoms with E-state index in [2.05, 4.69) is 10.5 Å². The van der Waals surface area contributed by atoms with E-state index < -0.39 is 0 Å². The molecule has 0 atom stereocenters. The number of amides is 1. The number of carbonyl (C=O) groups excluding carboxylic acids is 1. The van der Waals surface area contributed by atoms with E-state index in [9.17, 15) is 4.79 Å². The Bertz CT molecular complexity index is 761. The molecule has 4 heteroatoms. The fourth-order valence-electron chi connectivity index (χ4n) is 1.91. The molecule has 0 saturated heterocycles. The van der Waals surface area contributed by atoms with E-state index >= 15 is 0 Å². The molecule has 0 fully saturated rings. The number of fused-ring (bicyclic) bond motifs is 1. The summed E-state index contributed by atoms with van der Waals surface area (Å²) < 4.78 is 4.90. The average molecular weight is 264 g/mol. The van der Waals surface area contributed by atoms with E-state index in [1.807, 2.05) is 36.4 Å². The number of hydrogen-bond donors (Lipinski definition) is 1. The number of hydrazone groups is 1. The van der Waals surface area contributed by atoms with Crippen LogP contribution in [0.25, 0.3) is 10.8 Å². The van der Waals surface area contributed by atoms with Crippen LogP contribution in [0.15, 0.2) is 70.6 Å². The molecule has 3 rings (SSSR count). The number of hydrogen-bond acceptors (Lipinski definition) is 3. The highest BCUT2D eigenvalue weighted by molar-refractivity contribution is 5.98. The maximum Gasteiger partial charge on any atom is 0.271 e. The van der Waals surface area contributed by atoms with Crippen LogP contribution in [0.4, 0.5) is 0 Å². The van der Waals surface area contributed by atoms with Crippen LogP contribution in [-0.4, -0.2) is 12.1 Å². The Morgan fingerprint density at radius 3 is 2.75 bits per heavy atom. The number of nitrogens with one attached hydrogen (secondary N) is 1. The molecule has 0 aliphatic rings. The predicted molar refractivity (Wildman–Crippen MR) is 77.7 cm³/mol. The fourth-order valence-corrected chi connectivity index (χ4v) is 1.91. The summed E-state index contributed by atoms with van der Waals surface area (Å²) in [6.07, 6.45) is 4.63. The van der Waals surface area contributed by atoms with Crippen molar-refractivity contribution >= 4 is 22.9 Å². The van der Waals surface area contributed by atoms with Crippen LogP contribution in [0.2, 0.25) is 0 Å². The first-order valence-electron chi connectivity index (χ1n) is 6.17. The standard InChI is InChI=1S/C16H12N2O2/c19-16(18-17-10-12-7-8-20-11-12)15-6-5-13-3-1-2-4-14(13)9-15/h1-11H,(H,18,19)/b17-10+. The first-order valence-corrected chi connectivity index (χ1v) is 6.17. The summed E-state index contributed by atoms with van der Waals surface area (Å²) in [5.41, 5.74) is 3.86. The minimum absolute atomic E-state index is 0.240. The van der Waals surface area contributed by atoms with Gasteiger partial charge >= 0.3 is 0 Å². The molecule has 0 bridgehead atoms. The van der Waals surface area contributed by atoms with Gasteiger partial charge in [0, 0.05) is 11.1 Å². The Morgan fingerprint density at radius 2 is 1.95 bits per heavy atom. The summed E-state index contributed by atoms with van der Waals surface area (Å²) >= 11 is 0. The molecule has 98 valence electrons. The Kier molecular flexibility index (Phi) is 3.29. The Morgan fingerprint density at radius 1 is 1.10 bits per heavy atom. The second kappa shape index (κ2) is 5.40. The molecule has 0 spiro atoms. The zero-order valence-electron chi connectivity index (χ0n) is 10.6. The number of carbonyl (C=O) groups is 1. The van der Waals surface area contributed by atoms with Gasteiger partial charge in [-0.3, -0.25) is 4.79 Å². The van der Waals surface area contributed by atoms with Crippen molar-refractivity contribution in [3.05, 3.63) is 72.2 Å². The van der Waals surface area contributed by atoms with Crippen LogP contribution in [0.5, 0.6) is 0 Å². The summed E-state index contributed by atoms with van der Waals surface area (Å²) in [5, 5.41) is 6.02. The van der Waals surface area contributed by atoms with Gasteiger partial charge in [0.15, 0.2) is 0 Å². The first kappa shape index (κ1) is 12.2. The molecular formula is C16H12N2O2. The molecule has 0 aliphatic carbocycles. The van der Waals surface area contributed by atoms with E-state index in [0.29, 0.717) is 5.56 Å². The van der Waals surface area contributed by atoms with Crippen LogP contribution in [-0.2, 0) is 0 Å². The highest BCUT2D eigenvalue weighted by Gasteiger charge is 2.04. The summed E-state index contributed by atoms with van der Waals surface area (Å²) in [6.45, 7) is 0. The molecule has 0 unspecified atom stereocenters. The van der Waals surface area contributed by atoms with E-state index in [1.54, 1.807) is 24.7 Å². The van der Waals surface area contributed by atoms with Gasteiger partial charge in [0.1, 0.15) is 0 Å². The van der Waals surface area contributed by atoms with Crippen molar-refractivity contribution in [1.29, 1.82) is 0 Å². The maximum atomic E-state index is 12.0. The third-order valence-corrected chi connectivity index (χ3v) is 2.93. The maximum absolute atomic E-state index is 12.0. The van der Waals surface area contributed by atoms with Crippen molar-refractivity contribution in [3.63, 3.8) is 0 Å². The number of rotatable bonds is 3. The molecule has 0 saturated carbocycles. The molecule has 0 aliphatic heterocycles. The number of nitrogens with zero attached hydrogens (tertiary/aromatic N) is 1. The highest BCUT2D eigenvalue weighted by atomic mass is 16.3. The Balaban J connectivity index is 1.75. The zero-order chi connectivity index (χ0) is 13.8. The smallest absolute Gasteiger partial charge is 0.271 e. The third-order valence-electron chi connectivity index (χ3n) is 2.93. The summed E-state index contributed by atoms with van der Waals surface area (Å²) in [7, 11) is 0. The van der Waals surface area contributed by atoms with Crippen molar-refractivity contribution in [1.82, 2.24) is 5.43 Å². The molecule has 1 heterocycles. The fraction of sp³-hybridized carbons (Fsp3) is 0. The van der Waals surface area contributed by atoms with Crippen LogP contribution in [0, 0.1) is 0 Å². The molecule has 0 radical (unpaired) electrons. The molecular weight excluding hydrogens is 252 g/mol. The topological polar surface area (TPSA) is 54.6 Å². The van der Waals surface area contributed by atoms with Gasteiger partial charge in [-0.2, -0.15) is 5.10 Å². The van der Waals surface area contributed by atoms with Gasteiger partial charge in [-0.15, -0.1) is 0 Å². The molecule has 2 aromatic carbocycles. The zero-order valence-corrected chi connectivity index (χ0v) is 10.6. The van der Waals surface area contributed by atoms with E-state index in [-0.39, 0.29) is 5.91 Å². The lowest BCUT2D eigenvalue weighted by Gasteiger charge is -2.02. The van der Waals surface area contributed by atoms with Crippen LogP contribution < -0.4 is 5.43 Å². The van der Waals surface area contributed by atoms with Gasteiger partial charge in [0.25, 0.3) is 5.91 Å². The Labute approximate surface area is 115 Å². The van der Waals surface area contributed by atoms with Gasteiger partial charge in [-0.05, 0) is 29.0 Å². The van der Waals surface area contributed by atoms with Crippen molar-refractivity contribution in [2.24, 2.45) is 5.10 Å². The summed E-state index contributed by atoms with van der Waals surface area (Å²) in [5.74, 6) is -0.240. The van der Waals surface area contributed by atoms with Crippen molar-refractivity contribution in [2.75, 3.05) is 0 Å². The number of benzene rings is 2. The second-order valence-corrected chi connectivity index (χ2v) is 4.32. The summed E-state index contributed by atoms with van der Waals surface area (Å²) in [4.78, 5) is 12.0. The number of furan rings is 1. The van der Waals surface area contributed by atoms with Crippen molar-refractivity contribution in [3.8, 4) is 0 Å². The lowest BCUT2D eigenvalue weighted by Crippen LogP contribution is -2.17. The van der Waals surface area contributed by atoms with Gasteiger partial charge in [-0.1, -0.05) is 30.3 Å². The minimum Gasteiger partial charge on any atom is -0.472 e. The third kappa shape index (κ3) is 2.59. The van der Waals surface area contributed by atoms with Crippen LogP contribution in [0.1, 0.15) is 15.9 Å². The molecule has 1 amide bonds. The van der Waals surface area contributed by atoms with Crippen LogP contribution >= 0.6 is 0 Å². The predicted octanol–water partition coefficient (Wildman–Crippen LogP) is 3.20. The molecule has 1 N–H and O–H groups in total. The average Bonchev–Trinajstić information content (AvgIpc) is 3.00. The molecule has 3 aromatic rings. The van der Waals surface area contributed by atoms with Gasteiger partial charge in [0.2, 0.25) is 0 Å². The van der Waals surface area contributed by atoms with Crippen molar-refractivity contribution in [2.45, 2.75) is 0 Å². The lowest BCUT2D eigenvalue weighted by atomic mass is 10.1. The van der Waals surface area contributed by atoms with Gasteiger partial charge in [0.05, 0.1) is 18.7 Å². The highest BCUT2D eigenvalue weighted by Crippen LogP contribution is 2.15. The largest absolute Gasteiger partial charge is 0.472 e. The monoisotopic (exact) mass is 264 g/mol. The summed E-state index contributed by atoms with van der Waals surface area (Å²) in [6, 6.07) is 15.2. The lowest BCUT2D eigenvalue weighted by molar-refractivity contribution is 0.0955. The van der Waals surface area contributed by atoms with E-state index in [1.165, 1.54) is 6.21 Å². The van der Waals surface area contributed by atoms with Crippen LogP contribution in [0.3, 0.4) is 0 Å². The quantitative estimate of drug-likeness (QED) is 0.583. The van der Waals surface area contributed by atoms with Gasteiger partial charge < -0.3 is 4.42 Å². The molecule has 4 nitrogen and oxygen atoms in total. The Hall–Kier alpha value is -2.88. The first-order chi connectivity index (χ1) is 9.83. The molecule has 1 aromatic heterocycles. The SMILES string of the molecule is O=C(N/N=C/c1ccoc1)c1ccc2ccccc2c1. The second-order valence-electron chi connectivity index (χ2n) is 4.32. The van der Waals surface area contributed by atoms with Crippen molar-refractivity contribution < 1.29 is 9.21 Å². The minimum atomic E-state index is -0.240. The van der Waals surface area contributed by atoms with E-state index in [0.717, 1.165) is 16.3 Å².